The number of sulfone groups is 1. The van der Waals surface area contributed by atoms with E-state index in [1.54, 1.807) is 13.0 Å². The van der Waals surface area contributed by atoms with E-state index in [0.717, 1.165) is 0 Å². The van der Waals surface area contributed by atoms with Gasteiger partial charge < -0.3 is 5.73 Å². The molecule has 3 nitrogen and oxygen atoms in total. The summed E-state index contributed by atoms with van der Waals surface area (Å²) in [6.45, 7) is 1.64. The predicted molar refractivity (Wildman–Crippen MR) is 66.2 cm³/mol. The van der Waals surface area contributed by atoms with Gasteiger partial charge in [0.2, 0.25) is 0 Å². The third kappa shape index (κ3) is 4.09. The molecule has 0 aliphatic rings. The third-order valence-electron chi connectivity index (χ3n) is 2.24. The van der Waals surface area contributed by atoms with Crippen LogP contribution >= 0.6 is 11.8 Å². The van der Waals surface area contributed by atoms with E-state index in [1.807, 2.05) is 0 Å². The number of thioether (sulfide) groups is 1. The van der Waals surface area contributed by atoms with Crippen molar-refractivity contribution in [3.8, 4) is 0 Å². The topological polar surface area (TPSA) is 60.2 Å². The number of nitrogen functional groups attached to an aromatic ring is 1. The molecule has 1 rings (SSSR count). The van der Waals surface area contributed by atoms with Gasteiger partial charge in [0.05, 0.1) is 16.3 Å². The van der Waals surface area contributed by atoms with Crippen LogP contribution in [-0.4, -0.2) is 25.4 Å². The van der Waals surface area contributed by atoms with Crippen molar-refractivity contribution in [3.63, 3.8) is 0 Å². The number of halogens is 3. The Labute approximate surface area is 107 Å². The summed E-state index contributed by atoms with van der Waals surface area (Å²) < 4.78 is 59.4. The van der Waals surface area contributed by atoms with Gasteiger partial charge in [0.1, 0.15) is 0 Å². The first-order valence-electron chi connectivity index (χ1n) is 4.92. The molecule has 102 valence electrons. The second-order valence-electron chi connectivity index (χ2n) is 3.60. The number of nitrogens with two attached hydrogens (primary N) is 1. The molecule has 0 aromatic heterocycles. The van der Waals surface area contributed by atoms with Crippen LogP contribution in [0.2, 0.25) is 0 Å². The first-order chi connectivity index (χ1) is 8.13. The van der Waals surface area contributed by atoms with Crippen LogP contribution in [0.4, 0.5) is 18.9 Å². The molecule has 0 heterocycles. The minimum absolute atomic E-state index is 0.0921. The van der Waals surface area contributed by atoms with Crippen LogP contribution in [0.25, 0.3) is 0 Å². The van der Waals surface area contributed by atoms with Gasteiger partial charge in [-0.25, -0.2) is 8.42 Å². The SMILES string of the molecule is Cc1cccc(S(=O)(=O)CCSC(F)(F)F)c1N. The van der Waals surface area contributed by atoms with Gasteiger partial charge in [-0.2, -0.15) is 13.2 Å². The van der Waals surface area contributed by atoms with E-state index >= 15 is 0 Å². The summed E-state index contributed by atoms with van der Waals surface area (Å²) in [5, 5.41) is 0. The maximum atomic E-state index is 11.9. The summed E-state index contributed by atoms with van der Waals surface area (Å²) in [4.78, 5) is -0.106. The van der Waals surface area contributed by atoms with Crippen molar-refractivity contribution in [1.82, 2.24) is 0 Å². The van der Waals surface area contributed by atoms with Crippen molar-refractivity contribution in [2.45, 2.75) is 17.3 Å². The van der Waals surface area contributed by atoms with E-state index in [9.17, 15) is 21.6 Å². The molecule has 0 atom stereocenters. The minimum atomic E-state index is -4.42. The van der Waals surface area contributed by atoms with Crippen LogP contribution in [0.15, 0.2) is 23.1 Å². The van der Waals surface area contributed by atoms with Crippen molar-refractivity contribution in [2.24, 2.45) is 0 Å². The minimum Gasteiger partial charge on any atom is -0.397 e. The summed E-state index contributed by atoms with van der Waals surface area (Å²) in [6.07, 6.45) is 0. The first kappa shape index (κ1) is 15.2. The highest BCUT2D eigenvalue weighted by molar-refractivity contribution is 8.01. The van der Waals surface area contributed by atoms with Crippen molar-refractivity contribution >= 4 is 27.3 Å². The van der Waals surface area contributed by atoms with Gasteiger partial charge in [-0.05, 0) is 30.3 Å². The molecule has 18 heavy (non-hydrogen) atoms. The second-order valence-corrected chi connectivity index (χ2v) is 6.84. The monoisotopic (exact) mass is 299 g/mol. The number of hydrogen-bond donors (Lipinski definition) is 1. The van der Waals surface area contributed by atoms with Gasteiger partial charge in [-0.15, -0.1) is 0 Å². The Bertz CT molecular complexity index is 526. The molecule has 1 aromatic rings. The van der Waals surface area contributed by atoms with E-state index in [4.69, 9.17) is 5.73 Å². The lowest BCUT2D eigenvalue weighted by Gasteiger charge is -2.10. The summed E-state index contributed by atoms with van der Waals surface area (Å²) >= 11 is -0.355. The third-order valence-corrected chi connectivity index (χ3v) is 5.00. The Morgan fingerprint density at radius 1 is 1.33 bits per heavy atom. The lowest BCUT2D eigenvalue weighted by molar-refractivity contribution is -0.0326. The van der Waals surface area contributed by atoms with E-state index in [0.29, 0.717) is 5.56 Å². The Morgan fingerprint density at radius 2 is 1.94 bits per heavy atom. The number of anilines is 1. The summed E-state index contributed by atoms with van der Waals surface area (Å²) in [5.41, 5.74) is 1.87. The molecule has 8 heteroatoms. The van der Waals surface area contributed by atoms with E-state index in [-0.39, 0.29) is 22.3 Å². The Morgan fingerprint density at radius 3 is 2.50 bits per heavy atom. The molecule has 0 aliphatic heterocycles. The fraction of sp³-hybridized carbons (Fsp3) is 0.400. The van der Waals surface area contributed by atoms with Gasteiger partial charge in [-0.3, -0.25) is 0 Å². The van der Waals surface area contributed by atoms with E-state index in [2.05, 4.69) is 0 Å². The zero-order chi connectivity index (χ0) is 14.0. The Hall–Kier alpha value is -0.890. The average molecular weight is 299 g/mol. The standard InChI is InChI=1S/C10H12F3NO2S2/c1-7-3-2-4-8(9(7)14)18(15,16)6-5-17-10(11,12)13/h2-4H,5-6,14H2,1H3. The van der Waals surface area contributed by atoms with Gasteiger partial charge in [0.15, 0.2) is 9.84 Å². The highest BCUT2D eigenvalue weighted by atomic mass is 32.2. The Balaban J connectivity index is 2.84. The van der Waals surface area contributed by atoms with Crippen LogP contribution in [-0.2, 0) is 9.84 Å². The smallest absolute Gasteiger partial charge is 0.397 e. The molecule has 2 N–H and O–H groups in total. The van der Waals surface area contributed by atoms with E-state index in [1.165, 1.54) is 12.1 Å². The number of benzene rings is 1. The molecule has 0 fully saturated rings. The van der Waals surface area contributed by atoms with Crippen LogP contribution in [0, 0.1) is 6.92 Å². The van der Waals surface area contributed by atoms with Crippen LogP contribution in [0.5, 0.6) is 0 Å². The molecule has 0 saturated heterocycles. The predicted octanol–water partition coefficient (Wildman–Crippen LogP) is 2.60. The van der Waals surface area contributed by atoms with Gasteiger partial charge in [0.25, 0.3) is 0 Å². The van der Waals surface area contributed by atoms with E-state index < -0.39 is 26.9 Å². The molecule has 0 radical (unpaired) electrons. The molecule has 0 amide bonds. The van der Waals surface area contributed by atoms with Crippen LogP contribution in [0.1, 0.15) is 5.56 Å². The molecule has 0 spiro atoms. The fourth-order valence-electron chi connectivity index (χ4n) is 1.30. The molecule has 1 aromatic carbocycles. The molecule has 0 unspecified atom stereocenters. The largest absolute Gasteiger partial charge is 0.441 e. The molecule has 0 aliphatic carbocycles. The summed E-state index contributed by atoms with van der Waals surface area (Å²) in [7, 11) is -3.78. The highest BCUT2D eigenvalue weighted by Crippen LogP contribution is 2.31. The molecular weight excluding hydrogens is 287 g/mol. The molecule has 0 bridgehead atoms. The second kappa shape index (κ2) is 5.40. The fourth-order valence-corrected chi connectivity index (χ4v) is 3.75. The maximum Gasteiger partial charge on any atom is 0.441 e. The van der Waals surface area contributed by atoms with Gasteiger partial charge in [0, 0.05) is 5.75 Å². The zero-order valence-corrected chi connectivity index (χ0v) is 11.1. The number of hydrogen-bond acceptors (Lipinski definition) is 4. The summed E-state index contributed by atoms with van der Waals surface area (Å²) in [6, 6.07) is 4.45. The average Bonchev–Trinajstić information content (AvgIpc) is 2.19. The lowest BCUT2D eigenvalue weighted by atomic mass is 10.2. The maximum absolute atomic E-state index is 11.9. The van der Waals surface area contributed by atoms with Gasteiger partial charge >= 0.3 is 5.51 Å². The molecule has 0 saturated carbocycles. The normalized spacial score (nSPS) is 12.7. The molecular formula is C10H12F3NO2S2. The van der Waals surface area contributed by atoms with Crippen LogP contribution in [0.3, 0.4) is 0 Å². The Kier molecular flexibility index (Phi) is 4.55. The zero-order valence-electron chi connectivity index (χ0n) is 9.49. The van der Waals surface area contributed by atoms with Crippen molar-refractivity contribution < 1.29 is 21.6 Å². The van der Waals surface area contributed by atoms with Crippen LogP contribution < -0.4 is 5.73 Å². The number of alkyl halides is 3. The van der Waals surface area contributed by atoms with Gasteiger partial charge in [-0.1, -0.05) is 12.1 Å². The number of para-hydroxylation sites is 1. The van der Waals surface area contributed by atoms with Crippen molar-refractivity contribution in [3.05, 3.63) is 23.8 Å². The van der Waals surface area contributed by atoms with Crippen molar-refractivity contribution in [2.75, 3.05) is 17.2 Å². The number of rotatable bonds is 4. The quantitative estimate of drug-likeness (QED) is 0.868. The number of aryl methyl sites for hydroxylation is 1. The highest BCUT2D eigenvalue weighted by Gasteiger charge is 2.29. The lowest BCUT2D eigenvalue weighted by Crippen LogP contribution is -2.14. The summed E-state index contributed by atoms with van der Waals surface area (Å²) in [5.74, 6) is -1.13. The van der Waals surface area contributed by atoms with Crippen molar-refractivity contribution in [1.29, 1.82) is 0 Å². The first-order valence-corrected chi connectivity index (χ1v) is 7.56.